The number of terminal acetylenes is 1. The van der Waals surface area contributed by atoms with Gasteiger partial charge in [-0.15, -0.1) is 6.42 Å². The van der Waals surface area contributed by atoms with E-state index in [2.05, 4.69) is 5.92 Å². The number of aliphatic hydroxyl groups excluding tert-OH is 1. The predicted molar refractivity (Wildman–Crippen MR) is 91.4 cm³/mol. The van der Waals surface area contributed by atoms with Crippen LogP contribution < -0.4 is 0 Å². The van der Waals surface area contributed by atoms with Crippen molar-refractivity contribution in [3.63, 3.8) is 0 Å². The minimum atomic E-state index is -0.308. The molecular weight excluding hydrogens is 296 g/mol. The molecule has 0 saturated carbocycles. The summed E-state index contributed by atoms with van der Waals surface area (Å²) in [5, 5.41) is 9.25. The smallest absolute Gasteiger partial charge is 0.107 e. The molecule has 0 bridgehead atoms. The molecule has 0 aliphatic carbocycles. The molecule has 1 unspecified atom stereocenters. The molecule has 1 N–H and O–H groups in total. The van der Waals surface area contributed by atoms with Crippen LogP contribution in [0.1, 0.15) is 40.5 Å². The van der Waals surface area contributed by atoms with E-state index in [9.17, 15) is 5.11 Å². The molecule has 5 heteroatoms. The second-order valence-corrected chi connectivity index (χ2v) is 6.94. The molecule has 0 rings (SSSR count). The molecule has 0 spiro atoms. The van der Waals surface area contributed by atoms with Crippen molar-refractivity contribution in [1.29, 1.82) is 0 Å². The van der Waals surface area contributed by atoms with Crippen LogP contribution in [0.4, 0.5) is 0 Å². The number of hydrogen-bond donors (Lipinski definition) is 1. The lowest BCUT2D eigenvalue weighted by atomic mass is 10.0. The van der Waals surface area contributed by atoms with Crippen molar-refractivity contribution in [3.8, 4) is 12.3 Å². The van der Waals surface area contributed by atoms with Crippen LogP contribution in [0.15, 0.2) is 0 Å². The second-order valence-electron chi connectivity index (χ2n) is 6.94. The van der Waals surface area contributed by atoms with Crippen LogP contribution in [0.25, 0.3) is 0 Å². The second kappa shape index (κ2) is 11.8. The van der Waals surface area contributed by atoms with Crippen molar-refractivity contribution in [2.24, 2.45) is 5.92 Å². The maximum absolute atomic E-state index is 9.25. The van der Waals surface area contributed by atoms with E-state index in [1.807, 2.05) is 27.7 Å². The number of aliphatic hydroxyl groups is 1. The Hall–Kier alpha value is -0.640. The molecule has 0 aromatic carbocycles. The van der Waals surface area contributed by atoms with Gasteiger partial charge in [-0.1, -0.05) is 5.92 Å². The van der Waals surface area contributed by atoms with E-state index in [0.29, 0.717) is 33.0 Å². The first kappa shape index (κ1) is 22.4. The van der Waals surface area contributed by atoms with Crippen molar-refractivity contribution in [2.45, 2.75) is 51.7 Å². The van der Waals surface area contributed by atoms with Crippen LogP contribution in [0, 0.1) is 18.3 Å². The summed E-state index contributed by atoms with van der Waals surface area (Å²) in [5.41, 5.74) is -0.564. The van der Waals surface area contributed by atoms with Gasteiger partial charge in [0, 0.05) is 13.0 Å². The molecule has 136 valence electrons. The van der Waals surface area contributed by atoms with Crippen LogP contribution >= 0.6 is 0 Å². The third-order valence-corrected chi connectivity index (χ3v) is 3.60. The van der Waals surface area contributed by atoms with Crippen LogP contribution in [0.3, 0.4) is 0 Å². The number of ether oxygens (including phenoxy) is 4. The lowest BCUT2D eigenvalue weighted by Crippen LogP contribution is -2.33. The highest BCUT2D eigenvalue weighted by atomic mass is 16.5. The Bertz CT molecular complexity index is 333. The molecule has 0 fully saturated rings. The van der Waals surface area contributed by atoms with Gasteiger partial charge in [-0.25, -0.2) is 0 Å². The van der Waals surface area contributed by atoms with E-state index < -0.39 is 0 Å². The van der Waals surface area contributed by atoms with Crippen molar-refractivity contribution in [3.05, 3.63) is 0 Å². The van der Waals surface area contributed by atoms with Crippen LogP contribution in [0.5, 0.6) is 0 Å². The molecule has 23 heavy (non-hydrogen) atoms. The van der Waals surface area contributed by atoms with Crippen molar-refractivity contribution >= 4 is 0 Å². The summed E-state index contributed by atoms with van der Waals surface area (Å²) in [6, 6.07) is 0. The lowest BCUT2D eigenvalue weighted by molar-refractivity contribution is -0.0929. The maximum atomic E-state index is 9.25. The van der Waals surface area contributed by atoms with Gasteiger partial charge in [-0.2, -0.15) is 0 Å². The Morgan fingerprint density at radius 1 is 1.00 bits per heavy atom. The van der Waals surface area contributed by atoms with Gasteiger partial charge in [0.1, 0.15) is 6.61 Å². The van der Waals surface area contributed by atoms with Crippen molar-refractivity contribution in [2.75, 3.05) is 46.8 Å². The van der Waals surface area contributed by atoms with Gasteiger partial charge < -0.3 is 24.1 Å². The highest BCUT2D eigenvalue weighted by Crippen LogP contribution is 2.20. The van der Waals surface area contributed by atoms with E-state index in [0.717, 1.165) is 12.8 Å². The van der Waals surface area contributed by atoms with Gasteiger partial charge in [0.25, 0.3) is 0 Å². The number of methoxy groups -OCH3 is 1. The normalized spacial score (nSPS) is 13.8. The minimum Gasteiger partial charge on any atom is -0.396 e. The maximum Gasteiger partial charge on any atom is 0.107 e. The summed E-state index contributed by atoms with van der Waals surface area (Å²) in [5.74, 6) is 2.45. The predicted octanol–water partition coefficient (Wildman–Crippen LogP) is 2.26. The quantitative estimate of drug-likeness (QED) is 0.391. The molecule has 0 amide bonds. The largest absolute Gasteiger partial charge is 0.396 e. The highest BCUT2D eigenvalue weighted by Gasteiger charge is 2.23. The first-order chi connectivity index (χ1) is 10.8. The molecule has 0 radical (unpaired) electrons. The molecule has 0 saturated heterocycles. The fourth-order valence-corrected chi connectivity index (χ4v) is 1.90. The Kier molecular flexibility index (Phi) is 11.5. The zero-order valence-corrected chi connectivity index (χ0v) is 15.4. The zero-order chi connectivity index (χ0) is 17.8. The summed E-state index contributed by atoms with van der Waals surface area (Å²) < 4.78 is 22.2. The SMILES string of the molecule is C#CCOCCC(C)(C)OCCC(C)(C)OCC(CO)COC. The van der Waals surface area contributed by atoms with Gasteiger partial charge in [0.2, 0.25) is 0 Å². The fraction of sp³-hybridized carbons (Fsp3) is 0.889. The van der Waals surface area contributed by atoms with E-state index in [1.165, 1.54) is 0 Å². The fourth-order valence-electron chi connectivity index (χ4n) is 1.90. The van der Waals surface area contributed by atoms with E-state index in [1.54, 1.807) is 7.11 Å². The van der Waals surface area contributed by atoms with Crippen LogP contribution in [0.2, 0.25) is 0 Å². The molecule has 0 aliphatic rings. The molecule has 0 aliphatic heterocycles. The first-order valence-electron chi connectivity index (χ1n) is 8.15. The Balaban J connectivity index is 4.00. The van der Waals surface area contributed by atoms with Crippen molar-refractivity contribution < 1.29 is 24.1 Å². The van der Waals surface area contributed by atoms with Gasteiger partial charge in [0.05, 0.1) is 44.2 Å². The molecular formula is C18H34O5. The molecule has 0 heterocycles. The Morgan fingerprint density at radius 3 is 2.17 bits per heavy atom. The molecule has 1 atom stereocenters. The van der Waals surface area contributed by atoms with Gasteiger partial charge in [-0.05, 0) is 40.5 Å². The highest BCUT2D eigenvalue weighted by molar-refractivity contribution is 4.83. The summed E-state index contributed by atoms with van der Waals surface area (Å²) in [4.78, 5) is 0. The topological polar surface area (TPSA) is 57.2 Å². The summed E-state index contributed by atoms with van der Waals surface area (Å²) in [7, 11) is 1.62. The summed E-state index contributed by atoms with van der Waals surface area (Å²) in [6.45, 7) is 10.7. The van der Waals surface area contributed by atoms with Gasteiger partial charge in [-0.3, -0.25) is 0 Å². The third-order valence-electron chi connectivity index (χ3n) is 3.60. The minimum absolute atomic E-state index is 0.00457. The standard InChI is InChI=1S/C18H34O5/c1-7-10-21-11-8-17(2,3)22-12-9-18(4,5)23-15-16(13-19)14-20-6/h1,16,19H,8-15H2,2-6H3. The molecule has 5 nitrogen and oxygen atoms in total. The number of rotatable bonds is 14. The monoisotopic (exact) mass is 330 g/mol. The van der Waals surface area contributed by atoms with Crippen LogP contribution in [-0.4, -0.2) is 63.1 Å². The van der Waals surface area contributed by atoms with Crippen LogP contribution in [-0.2, 0) is 18.9 Å². The third kappa shape index (κ3) is 12.4. The Morgan fingerprint density at radius 2 is 1.61 bits per heavy atom. The van der Waals surface area contributed by atoms with E-state index in [-0.39, 0.29) is 23.7 Å². The van der Waals surface area contributed by atoms with Crippen molar-refractivity contribution in [1.82, 2.24) is 0 Å². The zero-order valence-electron chi connectivity index (χ0n) is 15.4. The average Bonchev–Trinajstić information content (AvgIpc) is 2.47. The Labute approximate surface area is 141 Å². The average molecular weight is 330 g/mol. The lowest BCUT2D eigenvalue weighted by Gasteiger charge is -2.30. The van der Waals surface area contributed by atoms with Gasteiger partial charge in [0.15, 0.2) is 0 Å². The summed E-state index contributed by atoms with van der Waals surface area (Å²) >= 11 is 0. The number of hydrogen-bond acceptors (Lipinski definition) is 5. The summed E-state index contributed by atoms with van der Waals surface area (Å²) in [6.07, 6.45) is 6.70. The first-order valence-corrected chi connectivity index (χ1v) is 8.15. The molecule has 0 aromatic rings. The van der Waals surface area contributed by atoms with E-state index >= 15 is 0 Å². The van der Waals surface area contributed by atoms with Gasteiger partial charge >= 0.3 is 0 Å². The van der Waals surface area contributed by atoms with E-state index in [4.69, 9.17) is 25.4 Å². The molecule has 0 aromatic heterocycles.